The lowest BCUT2D eigenvalue weighted by molar-refractivity contribution is 0.598. The number of hydrogen-bond donors (Lipinski definition) is 1. The Morgan fingerprint density at radius 1 is 2.00 bits per heavy atom. The van der Waals surface area contributed by atoms with Crippen LogP contribution in [0.5, 0.6) is 0 Å². The molecule has 0 fully saturated rings. The summed E-state index contributed by atoms with van der Waals surface area (Å²) in [6.07, 6.45) is 2.10. The molecule has 0 spiro atoms. The Balaban J connectivity index is 3.05. The summed E-state index contributed by atoms with van der Waals surface area (Å²) in [6, 6.07) is 0. The third-order valence-electron chi connectivity index (χ3n) is 0.285. The molecule has 1 atom stereocenters. The highest BCUT2D eigenvalue weighted by molar-refractivity contribution is 8.40. The van der Waals surface area contributed by atoms with Crippen molar-refractivity contribution < 1.29 is 4.57 Å². The molecule has 0 saturated heterocycles. The van der Waals surface area contributed by atoms with Crippen LogP contribution in [0.4, 0.5) is 0 Å². The van der Waals surface area contributed by atoms with E-state index in [1.54, 1.807) is 6.08 Å². The third kappa shape index (κ3) is 4.19. The van der Waals surface area contributed by atoms with Crippen LogP contribution < -0.4 is 0 Å². The maximum absolute atomic E-state index is 9.98. The maximum atomic E-state index is 9.98. The van der Waals surface area contributed by atoms with Crippen LogP contribution >= 0.6 is 19.3 Å². The van der Waals surface area contributed by atoms with Crippen molar-refractivity contribution in [1.29, 1.82) is 0 Å². The second kappa shape index (κ2) is 3.38. The molecule has 0 aromatic carbocycles. The van der Waals surface area contributed by atoms with Crippen LogP contribution in [0, 0.1) is 0 Å². The molecule has 0 heterocycles. The predicted octanol–water partition coefficient (Wildman–Crippen LogP) is 1.84. The highest BCUT2D eigenvalue weighted by Gasteiger charge is 1.99. The molecule has 3 heteroatoms. The molecule has 0 aliphatic rings. The van der Waals surface area contributed by atoms with Gasteiger partial charge in [-0.1, -0.05) is 11.1 Å². The molecule has 1 nitrogen and oxygen atoms in total. The molecule has 0 rings (SSSR count). The minimum atomic E-state index is -1.27. The Labute approximate surface area is 43.4 Å². The van der Waals surface area contributed by atoms with Crippen molar-refractivity contribution in [3.05, 3.63) is 12.7 Å². The molecule has 1 unspecified atom stereocenters. The second-order valence-corrected chi connectivity index (χ2v) is 3.23. The van der Waals surface area contributed by atoms with E-state index < -0.39 is 7.00 Å². The summed E-state index contributed by atoms with van der Waals surface area (Å²) in [4.78, 5) is 0. The lowest BCUT2D eigenvalue weighted by atomic mass is 10.8. The van der Waals surface area contributed by atoms with Crippen LogP contribution in [0.1, 0.15) is 0 Å². The Morgan fingerprint density at radius 2 is 2.50 bits per heavy atom. The van der Waals surface area contributed by atoms with Crippen molar-refractivity contribution in [2.45, 2.75) is 0 Å². The first-order valence-corrected chi connectivity index (χ1v) is 4.11. The zero-order valence-corrected chi connectivity index (χ0v) is 5.08. The maximum Gasteiger partial charge on any atom is 0.411 e. The van der Waals surface area contributed by atoms with Gasteiger partial charge in [0.2, 0.25) is 0 Å². The number of hydrogen-bond acceptors (Lipinski definition) is 1. The normalized spacial score (nSPS) is 10.5. The summed E-state index contributed by atoms with van der Waals surface area (Å²) in [5.41, 5.74) is 0. The summed E-state index contributed by atoms with van der Waals surface area (Å²) in [6.45, 7) is 3.37. The molecular weight excluding hydrogens is 115 g/mol. The summed E-state index contributed by atoms with van der Waals surface area (Å²) in [7, 11) is -1.27. The van der Waals surface area contributed by atoms with E-state index in [0.717, 1.165) is 0 Å². The fourth-order valence-corrected chi connectivity index (χ4v) is 0.678. The quantitative estimate of drug-likeness (QED) is 0.335. The summed E-state index contributed by atoms with van der Waals surface area (Å²) in [5, 5.41) is 0. The minimum absolute atomic E-state index is 0.512. The van der Waals surface area contributed by atoms with E-state index >= 15 is 0 Å². The fraction of sp³-hybridized carbons (Fsp3) is 0.333. The van der Waals surface area contributed by atoms with Crippen molar-refractivity contribution >= 4 is 19.3 Å². The third-order valence-corrected chi connectivity index (χ3v) is 1.35. The first-order valence-electron chi connectivity index (χ1n) is 1.52. The lowest BCUT2D eigenvalue weighted by Crippen LogP contribution is -1.54. The Kier molecular flexibility index (Phi) is 3.49. The molecule has 0 aromatic heterocycles. The molecular formula is C3H6OPS+. The molecule has 0 aromatic rings. The van der Waals surface area contributed by atoms with Gasteiger partial charge in [-0.2, -0.15) is 0 Å². The van der Waals surface area contributed by atoms with Crippen LogP contribution in [0.15, 0.2) is 12.7 Å². The van der Waals surface area contributed by atoms with Crippen LogP contribution in [0.25, 0.3) is 0 Å². The van der Waals surface area contributed by atoms with Crippen LogP contribution in [0.3, 0.4) is 0 Å². The van der Waals surface area contributed by atoms with Crippen molar-refractivity contribution in [3.8, 4) is 0 Å². The summed E-state index contributed by atoms with van der Waals surface area (Å²) >= 11 is 3.62. The Morgan fingerprint density at radius 3 is 2.50 bits per heavy atom. The van der Waals surface area contributed by atoms with E-state index in [1.165, 1.54) is 0 Å². The van der Waals surface area contributed by atoms with E-state index in [-0.39, 0.29) is 0 Å². The van der Waals surface area contributed by atoms with Gasteiger partial charge in [-0.3, -0.25) is 0 Å². The van der Waals surface area contributed by atoms with Crippen molar-refractivity contribution in [2.24, 2.45) is 0 Å². The zero-order chi connectivity index (χ0) is 4.99. The van der Waals surface area contributed by atoms with Gasteiger partial charge in [0.25, 0.3) is 0 Å². The van der Waals surface area contributed by atoms with Crippen molar-refractivity contribution in [2.75, 3.05) is 6.16 Å². The monoisotopic (exact) mass is 121 g/mol. The van der Waals surface area contributed by atoms with Crippen molar-refractivity contribution in [3.63, 3.8) is 0 Å². The van der Waals surface area contributed by atoms with Gasteiger partial charge in [0.15, 0.2) is 6.16 Å². The van der Waals surface area contributed by atoms with Gasteiger partial charge in [-0.25, -0.2) is 0 Å². The van der Waals surface area contributed by atoms with Crippen LogP contribution in [0.2, 0.25) is 0 Å². The molecule has 6 heavy (non-hydrogen) atoms. The zero-order valence-electron chi connectivity index (χ0n) is 3.29. The van der Waals surface area contributed by atoms with Gasteiger partial charge < -0.3 is 0 Å². The molecule has 0 saturated carbocycles. The number of thiol groups is 1. The largest absolute Gasteiger partial charge is 0.411 e. The fourth-order valence-electron chi connectivity index (χ4n) is 0.110. The second-order valence-electron chi connectivity index (χ2n) is 0.823. The van der Waals surface area contributed by atoms with Crippen LogP contribution in [-0.2, 0) is 4.57 Å². The molecule has 0 aliphatic carbocycles. The topological polar surface area (TPSA) is 17.1 Å². The highest BCUT2D eigenvalue weighted by atomic mass is 32.7. The average Bonchev–Trinajstić information content (AvgIpc) is 1.35. The first-order chi connectivity index (χ1) is 2.77. The van der Waals surface area contributed by atoms with Gasteiger partial charge in [0.1, 0.15) is 12.2 Å². The smallest absolute Gasteiger partial charge is 0.0989 e. The van der Waals surface area contributed by atoms with Gasteiger partial charge in [-0.15, -0.1) is 0 Å². The Bertz CT molecular complexity index is 71.2. The highest BCUT2D eigenvalue weighted by Crippen LogP contribution is 2.23. The van der Waals surface area contributed by atoms with Crippen LogP contribution in [-0.4, -0.2) is 6.16 Å². The molecule has 34 valence electrons. The Hall–Kier alpha value is 0.190. The predicted molar refractivity (Wildman–Crippen MR) is 31.7 cm³/mol. The van der Waals surface area contributed by atoms with E-state index in [9.17, 15) is 4.57 Å². The van der Waals surface area contributed by atoms with Gasteiger partial charge in [0.05, 0.1) is 0 Å². The molecule has 0 aliphatic heterocycles. The van der Waals surface area contributed by atoms with Crippen molar-refractivity contribution in [1.82, 2.24) is 0 Å². The molecule has 0 amide bonds. The van der Waals surface area contributed by atoms with E-state index in [1.807, 2.05) is 0 Å². The van der Waals surface area contributed by atoms with Gasteiger partial charge in [0, 0.05) is 0 Å². The summed E-state index contributed by atoms with van der Waals surface area (Å²) in [5.74, 6) is 0. The number of allylic oxidation sites excluding steroid dienone is 1. The number of rotatable bonds is 2. The minimum Gasteiger partial charge on any atom is -0.0989 e. The van der Waals surface area contributed by atoms with Gasteiger partial charge >= 0.3 is 7.00 Å². The van der Waals surface area contributed by atoms with E-state index in [4.69, 9.17) is 0 Å². The van der Waals surface area contributed by atoms with Gasteiger partial charge in [-0.05, 0) is 6.08 Å². The molecule has 0 radical (unpaired) electrons. The average molecular weight is 121 g/mol. The summed E-state index contributed by atoms with van der Waals surface area (Å²) < 4.78 is 9.98. The standard InChI is InChI=1S/C3H5OPS/c1-2-3-5(4)6/h2H,1,3H2/p+1. The van der Waals surface area contributed by atoms with E-state index in [0.29, 0.717) is 6.16 Å². The lowest BCUT2D eigenvalue weighted by Gasteiger charge is -1.58. The SMILES string of the molecule is C=CC[P+](=O)S. The first kappa shape index (κ1) is 6.19. The molecule has 0 bridgehead atoms. The van der Waals surface area contributed by atoms with E-state index in [2.05, 4.69) is 18.8 Å². The molecule has 0 N–H and O–H groups in total.